The van der Waals surface area contributed by atoms with Crippen molar-refractivity contribution in [3.05, 3.63) is 54.1 Å². The average Bonchev–Trinajstić information content (AvgIpc) is 2.70. The maximum Gasteiger partial charge on any atom is 0.243 e. The van der Waals surface area contributed by atoms with E-state index in [1.54, 1.807) is 25.1 Å². The molecule has 0 unspecified atom stereocenters. The van der Waals surface area contributed by atoms with Crippen LogP contribution in [0, 0.1) is 0 Å². The van der Waals surface area contributed by atoms with Crippen LogP contribution in [-0.2, 0) is 21.2 Å². The summed E-state index contributed by atoms with van der Waals surface area (Å²) >= 11 is 0. The molecule has 0 aromatic heterocycles. The van der Waals surface area contributed by atoms with Crippen molar-refractivity contribution in [2.24, 2.45) is 0 Å². The van der Waals surface area contributed by atoms with E-state index in [0.29, 0.717) is 18.0 Å². The van der Waals surface area contributed by atoms with Crippen LogP contribution in [0.1, 0.15) is 18.9 Å². The van der Waals surface area contributed by atoms with E-state index in [4.69, 9.17) is 9.47 Å². The van der Waals surface area contributed by atoms with Crippen LogP contribution in [0.15, 0.2) is 48.5 Å². The maximum absolute atomic E-state index is 12.7. The highest BCUT2D eigenvalue weighted by molar-refractivity contribution is 7.92. The second-order valence-electron chi connectivity index (χ2n) is 6.65. The molecule has 1 N–H and O–H groups in total. The Bertz CT molecular complexity index is 916. The summed E-state index contributed by atoms with van der Waals surface area (Å²) in [6, 6.07) is 13.8. The fourth-order valence-corrected chi connectivity index (χ4v) is 4.22. The summed E-state index contributed by atoms with van der Waals surface area (Å²) in [5, 5.41) is 2.82. The number of nitrogens with one attached hydrogen (secondary N) is 1. The number of nitrogens with zero attached hydrogens (tertiary/aromatic N) is 1. The van der Waals surface area contributed by atoms with Crippen LogP contribution in [0.2, 0.25) is 0 Å². The van der Waals surface area contributed by atoms with Crippen molar-refractivity contribution < 1.29 is 22.7 Å². The topological polar surface area (TPSA) is 84.9 Å². The van der Waals surface area contributed by atoms with Crippen LogP contribution in [0.4, 0.5) is 5.69 Å². The highest BCUT2D eigenvalue weighted by Gasteiger charge is 2.31. The lowest BCUT2D eigenvalue weighted by molar-refractivity contribution is -0.121. The third kappa shape index (κ3) is 6.12. The lowest BCUT2D eigenvalue weighted by atomic mass is 10.1. The summed E-state index contributed by atoms with van der Waals surface area (Å²) in [6.07, 6.45) is 2.64. The van der Waals surface area contributed by atoms with Crippen molar-refractivity contribution in [3.8, 4) is 11.5 Å². The summed E-state index contributed by atoms with van der Waals surface area (Å²) in [7, 11) is -0.827. The highest BCUT2D eigenvalue weighted by Crippen LogP contribution is 2.35. The first-order valence-electron chi connectivity index (χ1n) is 9.31. The molecule has 0 saturated carbocycles. The number of rotatable bonds is 10. The van der Waals surface area contributed by atoms with Gasteiger partial charge >= 0.3 is 0 Å². The fourth-order valence-electron chi connectivity index (χ4n) is 3.05. The first kappa shape index (κ1) is 22.5. The van der Waals surface area contributed by atoms with Gasteiger partial charge in [-0.25, -0.2) is 8.42 Å². The van der Waals surface area contributed by atoms with Crippen LogP contribution < -0.4 is 19.1 Å². The van der Waals surface area contributed by atoms with Gasteiger partial charge in [-0.2, -0.15) is 0 Å². The Labute approximate surface area is 172 Å². The first-order valence-corrected chi connectivity index (χ1v) is 11.2. The van der Waals surface area contributed by atoms with E-state index in [-0.39, 0.29) is 11.6 Å². The zero-order valence-electron chi connectivity index (χ0n) is 17.2. The number of ether oxygens (including phenoxy) is 2. The zero-order valence-corrected chi connectivity index (χ0v) is 18.0. The highest BCUT2D eigenvalue weighted by atomic mass is 32.2. The number of hydrogen-bond donors (Lipinski definition) is 1. The molecule has 2 aromatic carbocycles. The minimum Gasteiger partial charge on any atom is -0.497 e. The first-order chi connectivity index (χ1) is 13.8. The molecule has 0 aliphatic carbocycles. The van der Waals surface area contributed by atoms with E-state index in [1.165, 1.54) is 19.8 Å². The molecule has 0 saturated heterocycles. The van der Waals surface area contributed by atoms with E-state index in [9.17, 15) is 13.2 Å². The fraction of sp³-hybridized carbons (Fsp3) is 0.381. The van der Waals surface area contributed by atoms with Gasteiger partial charge in [-0.15, -0.1) is 0 Å². The Kier molecular flexibility index (Phi) is 7.90. The molecule has 29 heavy (non-hydrogen) atoms. The standard InChI is InChI=1S/C21H28N2O5S/c1-16(21(24)22-14-8-11-17-9-6-5-7-10-17)23(29(4,25)26)19-15-18(27-2)12-13-20(19)28-3/h5-7,9-10,12-13,15-16H,8,11,14H2,1-4H3,(H,22,24)/t16-/m1/s1. The maximum atomic E-state index is 12.7. The molecule has 0 aliphatic heterocycles. The summed E-state index contributed by atoms with van der Waals surface area (Å²) in [5.41, 5.74) is 1.44. The molecule has 0 fully saturated rings. The number of hydrogen-bond acceptors (Lipinski definition) is 5. The summed E-state index contributed by atoms with van der Waals surface area (Å²) in [5.74, 6) is 0.415. The number of anilines is 1. The Balaban J connectivity index is 2.13. The van der Waals surface area contributed by atoms with Gasteiger partial charge in [0.25, 0.3) is 0 Å². The average molecular weight is 421 g/mol. The largest absolute Gasteiger partial charge is 0.497 e. The molecule has 2 rings (SSSR count). The number of sulfonamides is 1. The number of benzene rings is 2. The third-order valence-electron chi connectivity index (χ3n) is 4.50. The summed E-state index contributed by atoms with van der Waals surface area (Å²) < 4.78 is 36.6. The molecule has 0 spiro atoms. The normalized spacial score (nSPS) is 12.1. The number of carbonyl (C=O) groups excluding carboxylic acids is 1. The van der Waals surface area contributed by atoms with Crippen LogP contribution >= 0.6 is 0 Å². The van der Waals surface area contributed by atoms with Crippen LogP contribution in [0.5, 0.6) is 11.5 Å². The zero-order chi connectivity index (χ0) is 21.4. The molecule has 158 valence electrons. The van der Waals surface area contributed by atoms with Crippen molar-refractivity contribution in [2.75, 3.05) is 31.3 Å². The lowest BCUT2D eigenvalue weighted by Crippen LogP contribution is -2.48. The van der Waals surface area contributed by atoms with Gasteiger partial charge in [0.05, 0.1) is 26.2 Å². The van der Waals surface area contributed by atoms with Crippen LogP contribution in [0.25, 0.3) is 0 Å². The minimum absolute atomic E-state index is 0.251. The van der Waals surface area contributed by atoms with E-state index >= 15 is 0 Å². The Morgan fingerprint density at radius 1 is 1.10 bits per heavy atom. The predicted molar refractivity (Wildman–Crippen MR) is 114 cm³/mol. The van der Waals surface area contributed by atoms with E-state index in [1.807, 2.05) is 30.3 Å². The molecule has 1 atom stereocenters. The Morgan fingerprint density at radius 2 is 1.79 bits per heavy atom. The molecule has 8 heteroatoms. The van der Waals surface area contributed by atoms with Crippen molar-refractivity contribution >= 4 is 21.6 Å². The van der Waals surface area contributed by atoms with Gasteiger partial charge in [-0.05, 0) is 37.5 Å². The van der Waals surface area contributed by atoms with Gasteiger partial charge in [0.2, 0.25) is 15.9 Å². The third-order valence-corrected chi connectivity index (χ3v) is 5.72. The van der Waals surface area contributed by atoms with Crippen molar-refractivity contribution in [1.29, 1.82) is 0 Å². The number of amides is 1. The molecule has 0 bridgehead atoms. The van der Waals surface area contributed by atoms with Gasteiger partial charge in [-0.3, -0.25) is 9.10 Å². The second kappa shape index (κ2) is 10.2. The molecule has 2 aromatic rings. The second-order valence-corrected chi connectivity index (χ2v) is 8.51. The van der Waals surface area contributed by atoms with Gasteiger partial charge in [0.1, 0.15) is 17.5 Å². The molecule has 1 amide bonds. The predicted octanol–water partition coefficient (Wildman–Crippen LogP) is 2.61. The molecule has 0 radical (unpaired) electrons. The molecular formula is C21H28N2O5S. The summed E-state index contributed by atoms with van der Waals surface area (Å²) in [6.45, 7) is 2.00. The van der Waals surface area contributed by atoms with Crippen LogP contribution in [-0.4, -0.2) is 47.4 Å². The summed E-state index contributed by atoms with van der Waals surface area (Å²) in [4.78, 5) is 12.7. The van der Waals surface area contributed by atoms with Crippen LogP contribution in [0.3, 0.4) is 0 Å². The Morgan fingerprint density at radius 3 is 2.38 bits per heavy atom. The van der Waals surface area contributed by atoms with Crippen molar-refractivity contribution in [1.82, 2.24) is 5.32 Å². The molecule has 7 nitrogen and oxygen atoms in total. The van der Waals surface area contributed by atoms with Crippen molar-refractivity contribution in [2.45, 2.75) is 25.8 Å². The molecular weight excluding hydrogens is 392 g/mol. The minimum atomic E-state index is -3.76. The number of carbonyl (C=O) groups is 1. The number of aryl methyl sites for hydroxylation is 1. The van der Waals surface area contributed by atoms with Gasteiger partial charge in [0.15, 0.2) is 0 Å². The number of methoxy groups -OCH3 is 2. The van der Waals surface area contributed by atoms with E-state index in [2.05, 4.69) is 5.32 Å². The van der Waals surface area contributed by atoms with E-state index in [0.717, 1.165) is 23.4 Å². The van der Waals surface area contributed by atoms with E-state index < -0.39 is 16.1 Å². The van der Waals surface area contributed by atoms with Gasteiger partial charge in [0, 0.05) is 12.6 Å². The smallest absolute Gasteiger partial charge is 0.243 e. The SMILES string of the molecule is COc1ccc(OC)c(N([C@H](C)C(=O)NCCCc2ccccc2)S(C)(=O)=O)c1. The molecule has 0 heterocycles. The monoisotopic (exact) mass is 420 g/mol. The lowest BCUT2D eigenvalue weighted by Gasteiger charge is -2.29. The Hall–Kier alpha value is -2.74. The van der Waals surface area contributed by atoms with Gasteiger partial charge < -0.3 is 14.8 Å². The van der Waals surface area contributed by atoms with Gasteiger partial charge in [-0.1, -0.05) is 30.3 Å². The quantitative estimate of drug-likeness (QED) is 0.597. The molecule has 0 aliphatic rings. The van der Waals surface area contributed by atoms with Crippen molar-refractivity contribution in [3.63, 3.8) is 0 Å².